The third-order valence-electron chi connectivity index (χ3n) is 4.47. The summed E-state index contributed by atoms with van der Waals surface area (Å²) in [6.45, 7) is 1.21. The van der Waals surface area contributed by atoms with Gasteiger partial charge in [-0.15, -0.1) is 0 Å². The number of piperidine rings is 1. The van der Waals surface area contributed by atoms with E-state index in [-0.39, 0.29) is 17.6 Å². The van der Waals surface area contributed by atoms with Crippen LogP contribution in [0.3, 0.4) is 0 Å². The van der Waals surface area contributed by atoms with Gasteiger partial charge in [-0.1, -0.05) is 18.2 Å². The van der Waals surface area contributed by atoms with Gasteiger partial charge in [-0.25, -0.2) is 0 Å². The summed E-state index contributed by atoms with van der Waals surface area (Å²) in [7, 11) is 1.60. The molecule has 2 aromatic carbocycles. The van der Waals surface area contributed by atoms with Gasteiger partial charge in [0, 0.05) is 30.1 Å². The van der Waals surface area contributed by atoms with Crippen molar-refractivity contribution in [2.24, 2.45) is 5.92 Å². The second-order valence-electron chi connectivity index (χ2n) is 5.94. The van der Waals surface area contributed by atoms with E-state index in [0.717, 1.165) is 5.75 Å². The summed E-state index contributed by atoms with van der Waals surface area (Å²) < 4.78 is 5.12. The van der Waals surface area contributed by atoms with Crippen molar-refractivity contribution < 1.29 is 14.3 Å². The van der Waals surface area contributed by atoms with E-state index in [0.29, 0.717) is 37.1 Å². The molecule has 1 aliphatic rings. The Bertz CT molecular complexity index is 701. The Morgan fingerprint density at radius 3 is 2.38 bits per heavy atom. The lowest BCUT2D eigenvalue weighted by Crippen LogP contribution is -2.40. The summed E-state index contributed by atoms with van der Waals surface area (Å²) >= 11 is 0. The van der Waals surface area contributed by atoms with E-state index in [1.807, 2.05) is 17.0 Å². The largest absolute Gasteiger partial charge is 0.497 e. The van der Waals surface area contributed by atoms with E-state index >= 15 is 0 Å². The summed E-state index contributed by atoms with van der Waals surface area (Å²) in [5, 5.41) is 0. The summed E-state index contributed by atoms with van der Waals surface area (Å²) in [5.74, 6) is 0.857. The molecule has 1 saturated heterocycles. The fraction of sp³-hybridized carbons (Fsp3) is 0.300. The first-order chi connectivity index (χ1) is 11.7. The topological polar surface area (TPSA) is 46.6 Å². The maximum absolute atomic E-state index is 12.6. The Hall–Kier alpha value is -2.62. The summed E-state index contributed by atoms with van der Waals surface area (Å²) in [4.78, 5) is 26.8. The number of rotatable bonds is 4. The van der Waals surface area contributed by atoms with Gasteiger partial charge in [0.05, 0.1) is 7.11 Å². The quantitative estimate of drug-likeness (QED) is 0.812. The molecule has 0 atom stereocenters. The summed E-state index contributed by atoms with van der Waals surface area (Å²) in [6.07, 6.45) is 1.40. The molecule has 0 bridgehead atoms. The molecule has 0 aromatic heterocycles. The van der Waals surface area contributed by atoms with E-state index in [1.165, 1.54) is 0 Å². The molecule has 24 heavy (non-hydrogen) atoms. The Balaban J connectivity index is 1.60. The minimum Gasteiger partial charge on any atom is -0.497 e. The van der Waals surface area contributed by atoms with Crippen molar-refractivity contribution in [3.8, 4) is 5.75 Å². The normalized spacial score (nSPS) is 15.1. The molecule has 0 N–H and O–H groups in total. The van der Waals surface area contributed by atoms with Gasteiger partial charge in [0.15, 0.2) is 5.78 Å². The van der Waals surface area contributed by atoms with Gasteiger partial charge < -0.3 is 9.64 Å². The number of benzene rings is 2. The predicted octanol–water partition coefficient (Wildman–Crippen LogP) is 3.23. The van der Waals surface area contributed by atoms with Crippen LogP contribution in [0.2, 0.25) is 0 Å². The van der Waals surface area contributed by atoms with Crippen molar-refractivity contribution >= 4 is 11.7 Å². The van der Waals surface area contributed by atoms with E-state index in [9.17, 15) is 9.59 Å². The van der Waals surface area contributed by atoms with Crippen molar-refractivity contribution in [3.05, 3.63) is 65.7 Å². The molecular formula is C20H20NO3. The zero-order valence-corrected chi connectivity index (χ0v) is 13.7. The van der Waals surface area contributed by atoms with Crippen molar-refractivity contribution in [2.45, 2.75) is 12.8 Å². The number of carbonyl (C=O) groups excluding carboxylic acids is 2. The minimum absolute atomic E-state index is 0.00838. The standard InChI is InChI=1S/C20H20NO3/c1-24-18-9-7-15(8-10-18)19(22)16-11-13-21(14-12-16)20(23)17-5-3-2-4-6-17/h2-5,7-10,16H,11-14H2,1H3. The zero-order chi connectivity index (χ0) is 16.9. The van der Waals surface area contributed by atoms with Gasteiger partial charge >= 0.3 is 0 Å². The lowest BCUT2D eigenvalue weighted by molar-refractivity contribution is 0.0650. The van der Waals surface area contributed by atoms with Gasteiger partial charge in [-0.05, 0) is 49.2 Å². The highest BCUT2D eigenvalue weighted by atomic mass is 16.5. The molecule has 123 valence electrons. The Morgan fingerprint density at radius 2 is 1.79 bits per heavy atom. The number of amides is 1. The van der Waals surface area contributed by atoms with Crippen LogP contribution < -0.4 is 4.74 Å². The van der Waals surface area contributed by atoms with E-state index < -0.39 is 0 Å². The van der Waals surface area contributed by atoms with Crippen molar-refractivity contribution in [2.75, 3.05) is 20.2 Å². The fourth-order valence-electron chi connectivity index (χ4n) is 3.03. The number of carbonyl (C=O) groups is 2. The lowest BCUT2D eigenvalue weighted by atomic mass is 9.88. The molecule has 4 nitrogen and oxygen atoms in total. The van der Waals surface area contributed by atoms with Crippen LogP contribution in [0.25, 0.3) is 0 Å². The smallest absolute Gasteiger partial charge is 0.254 e. The number of hydrogen-bond acceptors (Lipinski definition) is 3. The molecule has 0 aliphatic carbocycles. The SMILES string of the molecule is COc1ccc(C(=O)C2CCN(C(=O)c3[c]cccc3)CC2)cc1. The van der Waals surface area contributed by atoms with Crippen LogP contribution in [0.4, 0.5) is 0 Å². The van der Waals surface area contributed by atoms with Crippen LogP contribution in [-0.2, 0) is 0 Å². The number of Topliss-reactive ketones (excluding diaryl/α,β-unsaturated/α-hetero) is 1. The monoisotopic (exact) mass is 322 g/mol. The molecule has 3 rings (SSSR count). The second kappa shape index (κ2) is 7.30. The number of likely N-dealkylation sites (tertiary alicyclic amines) is 1. The summed E-state index contributed by atoms with van der Waals surface area (Å²) in [5.41, 5.74) is 1.29. The lowest BCUT2D eigenvalue weighted by Gasteiger charge is -2.31. The van der Waals surface area contributed by atoms with Crippen LogP contribution in [0, 0.1) is 12.0 Å². The highest BCUT2D eigenvalue weighted by Crippen LogP contribution is 2.24. The zero-order valence-electron chi connectivity index (χ0n) is 13.7. The average Bonchev–Trinajstić information content (AvgIpc) is 2.68. The number of methoxy groups -OCH3 is 1. The minimum atomic E-state index is -0.0257. The molecule has 2 aromatic rings. The third kappa shape index (κ3) is 3.48. The fourth-order valence-corrected chi connectivity index (χ4v) is 3.03. The Labute approximate surface area is 142 Å². The van der Waals surface area contributed by atoms with Crippen molar-refractivity contribution in [1.82, 2.24) is 4.90 Å². The third-order valence-corrected chi connectivity index (χ3v) is 4.47. The number of ether oxygens (including phenoxy) is 1. The van der Waals surface area contributed by atoms with Crippen LogP contribution >= 0.6 is 0 Å². The molecular weight excluding hydrogens is 302 g/mol. The van der Waals surface area contributed by atoms with E-state index in [4.69, 9.17) is 4.74 Å². The molecule has 1 radical (unpaired) electrons. The Kier molecular flexibility index (Phi) is 4.94. The van der Waals surface area contributed by atoms with Crippen LogP contribution in [0.1, 0.15) is 33.6 Å². The van der Waals surface area contributed by atoms with E-state index in [1.54, 1.807) is 43.5 Å². The number of hydrogen-bond donors (Lipinski definition) is 0. The molecule has 1 amide bonds. The molecule has 0 unspecified atom stereocenters. The van der Waals surface area contributed by atoms with Gasteiger partial charge in [0.2, 0.25) is 0 Å². The van der Waals surface area contributed by atoms with Gasteiger partial charge in [0.1, 0.15) is 5.75 Å². The van der Waals surface area contributed by atoms with Crippen LogP contribution in [0.5, 0.6) is 5.75 Å². The first-order valence-corrected chi connectivity index (χ1v) is 8.13. The molecule has 0 saturated carbocycles. The van der Waals surface area contributed by atoms with Crippen LogP contribution in [0.15, 0.2) is 48.5 Å². The predicted molar refractivity (Wildman–Crippen MR) is 91.2 cm³/mol. The highest BCUT2D eigenvalue weighted by molar-refractivity contribution is 5.98. The molecule has 0 spiro atoms. The summed E-state index contributed by atoms with van der Waals surface area (Å²) in [6, 6.07) is 17.4. The number of nitrogens with zero attached hydrogens (tertiary/aromatic N) is 1. The van der Waals surface area contributed by atoms with Gasteiger partial charge in [0.25, 0.3) is 5.91 Å². The van der Waals surface area contributed by atoms with Gasteiger partial charge in [-0.3, -0.25) is 9.59 Å². The first-order valence-electron chi connectivity index (χ1n) is 8.13. The van der Waals surface area contributed by atoms with Crippen molar-refractivity contribution in [3.63, 3.8) is 0 Å². The molecule has 1 aliphatic heterocycles. The van der Waals surface area contributed by atoms with Gasteiger partial charge in [-0.2, -0.15) is 0 Å². The molecule has 1 fully saturated rings. The number of ketones is 1. The maximum atomic E-state index is 12.6. The van der Waals surface area contributed by atoms with Crippen LogP contribution in [-0.4, -0.2) is 36.8 Å². The molecule has 1 heterocycles. The van der Waals surface area contributed by atoms with Crippen molar-refractivity contribution in [1.29, 1.82) is 0 Å². The average molecular weight is 322 g/mol. The molecule has 4 heteroatoms. The first kappa shape index (κ1) is 16.2. The van der Waals surface area contributed by atoms with E-state index in [2.05, 4.69) is 6.07 Å². The second-order valence-corrected chi connectivity index (χ2v) is 5.94. The Morgan fingerprint density at radius 1 is 1.08 bits per heavy atom. The highest BCUT2D eigenvalue weighted by Gasteiger charge is 2.28. The maximum Gasteiger partial charge on any atom is 0.254 e.